The van der Waals surface area contributed by atoms with Crippen LogP contribution in [0.1, 0.15) is 58.1 Å². The summed E-state index contributed by atoms with van der Waals surface area (Å²) >= 11 is 0. The van der Waals surface area contributed by atoms with Crippen LogP contribution in [0.25, 0.3) is 0 Å². The fourth-order valence-electron chi connectivity index (χ4n) is 3.11. The largest absolute Gasteiger partial charge is 0.333 e. The Morgan fingerprint density at radius 3 is 2.30 bits per heavy atom. The van der Waals surface area contributed by atoms with Crippen molar-refractivity contribution in [2.45, 2.75) is 53.6 Å². The highest BCUT2D eigenvalue weighted by molar-refractivity contribution is 5.93. The monoisotopic (exact) mass is 277 g/mol. The molecule has 0 aliphatic carbocycles. The third-order valence-electron chi connectivity index (χ3n) is 4.36. The second kappa shape index (κ2) is 5.58. The number of likely N-dealkylation sites (tertiary alicyclic amines) is 1. The molecule has 0 unspecified atom stereocenters. The van der Waals surface area contributed by atoms with Crippen LogP contribution in [0.5, 0.6) is 0 Å². The fraction of sp³-hybridized carbons (Fsp3) is 0.750. The Bertz CT molecular complexity index is 476. The van der Waals surface area contributed by atoms with E-state index in [1.54, 1.807) is 0 Å². The number of nitrogens with zero attached hydrogens (tertiary/aromatic N) is 3. The van der Waals surface area contributed by atoms with Crippen LogP contribution in [-0.4, -0.2) is 33.2 Å². The van der Waals surface area contributed by atoms with Crippen LogP contribution in [0, 0.1) is 17.8 Å². The van der Waals surface area contributed by atoms with Gasteiger partial charge < -0.3 is 4.90 Å². The molecule has 1 aliphatic heterocycles. The van der Waals surface area contributed by atoms with E-state index in [1.165, 1.54) is 0 Å². The molecule has 1 aromatic rings. The van der Waals surface area contributed by atoms with E-state index < -0.39 is 0 Å². The lowest BCUT2D eigenvalue weighted by molar-refractivity contribution is -0.0218. The minimum atomic E-state index is 0.0833. The Hall–Kier alpha value is -1.32. The maximum atomic E-state index is 12.6. The van der Waals surface area contributed by atoms with Gasteiger partial charge in [-0.3, -0.25) is 9.48 Å². The van der Waals surface area contributed by atoms with Crippen molar-refractivity contribution in [1.29, 1.82) is 0 Å². The Morgan fingerprint density at radius 2 is 1.85 bits per heavy atom. The summed E-state index contributed by atoms with van der Waals surface area (Å²) in [6.45, 7) is 13.9. The van der Waals surface area contributed by atoms with Crippen molar-refractivity contribution in [3.8, 4) is 0 Å². The number of amides is 1. The number of aromatic nitrogens is 2. The molecule has 1 amide bonds. The van der Waals surface area contributed by atoms with Crippen molar-refractivity contribution in [2.75, 3.05) is 6.54 Å². The van der Waals surface area contributed by atoms with Crippen LogP contribution in [0.2, 0.25) is 0 Å². The van der Waals surface area contributed by atoms with Crippen molar-refractivity contribution in [3.63, 3.8) is 0 Å². The maximum Gasteiger partial charge on any atom is 0.274 e. The molecule has 0 bridgehead atoms. The summed E-state index contributed by atoms with van der Waals surface area (Å²) in [6.07, 6.45) is 1.89. The second-order valence-electron chi connectivity index (χ2n) is 6.87. The zero-order chi connectivity index (χ0) is 15.0. The molecule has 1 aromatic heterocycles. The molecular weight excluding hydrogens is 250 g/mol. The summed E-state index contributed by atoms with van der Waals surface area (Å²) in [5, 5.41) is 4.40. The molecule has 20 heavy (non-hydrogen) atoms. The predicted octanol–water partition coefficient (Wildman–Crippen LogP) is 3.22. The molecule has 1 fully saturated rings. The lowest BCUT2D eigenvalue weighted by Gasteiger charge is -2.52. The van der Waals surface area contributed by atoms with E-state index in [0.29, 0.717) is 29.5 Å². The van der Waals surface area contributed by atoms with Crippen LogP contribution in [0.15, 0.2) is 12.3 Å². The highest BCUT2D eigenvalue weighted by atomic mass is 16.2. The first-order chi connectivity index (χ1) is 9.32. The van der Waals surface area contributed by atoms with Crippen molar-refractivity contribution in [1.82, 2.24) is 14.7 Å². The second-order valence-corrected chi connectivity index (χ2v) is 6.87. The van der Waals surface area contributed by atoms with Crippen molar-refractivity contribution < 1.29 is 4.79 Å². The smallest absolute Gasteiger partial charge is 0.274 e. The SMILES string of the molecule is CC(C)[C@@H]1CN(C(=O)c2ccn(C(C)C)n2)[C@H]1C(C)C. The molecule has 0 spiro atoms. The molecule has 0 aromatic carbocycles. The Kier molecular flexibility index (Phi) is 4.21. The molecule has 1 aliphatic rings. The van der Waals surface area contributed by atoms with Crippen LogP contribution < -0.4 is 0 Å². The van der Waals surface area contributed by atoms with Crippen LogP contribution in [0.4, 0.5) is 0 Å². The topological polar surface area (TPSA) is 38.1 Å². The van der Waals surface area contributed by atoms with E-state index in [0.717, 1.165) is 6.54 Å². The average molecular weight is 277 g/mol. The van der Waals surface area contributed by atoms with Gasteiger partial charge in [-0.15, -0.1) is 0 Å². The molecule has 1 saturated heterocycles. The van der Waals surface area contributed by atoms with Gasteiger partial charge in [-0.1, -0.05) is 27.7 Å². The number of carbonyl (C=O) groups is 1. The quantitative estimate of drug-likeness (QED) is 0.847. The standard InChI is InChI=1S/C16H27N3O/c1-10(2)13-9-18(15(13)11(3)4)16(20)14-7-8-19(17-14)12(5)6/h7-8,10-13,15H,9H2,1-6H3/t13-,15-/m0/s1. The first-order valence-electron chi connectivity index (χ1n) is 7.69. The summed E-state index contributed by atoms with van der Waals surface area (Å²) in [5.74, 6) is 1.82. The van der Waals surface area contributed by atoms with Crippen molar-refractivity contribution in [3.05, 3.63) is 18.0 Å². The van der Waals surface area contributed by atoms with Gasteiger partial charge in [0.2, 0.25) is 0 Å². The third-order valence-corrected chi connectivity index (χ3v) is 4.36. The van der Waals surface area contributed by atoms with E-state index in [2.05, 4.69) is 46.6 Å². The molecule has 4 nitrogen and oxygen atoms in total. The van der Waals surface area contributed by atoms with Crippen LogP contribution >= 0.6 is 0 Å². The van der Waals surface area contributed by atoms with Crippen molar-refractivity contribution in [2.24, 2.45) is 17.8 Å². The zero-order valence-corrected chi connectivity index (χ0v) is 13.5. The van der Waals surface area contributed by atoms with E-state index in [1.807, 2.05) is 21.8 Å². The number of hydrogen-bond acceptors (Lipinski definition) is 2. The van der Waals surface area contributed by atoms with Crippen molar-refractivity contribution >= 4 is 5.91 Å². The predicted molar refractivity (Wildman–Crippen MR) is 80.6 cm³/mol. The summed E-state index contributed by atoms with van der Waals surface area (Å²) in [5.41, 5.74) is 0.576. The third kappa shape index (κ3) is 2.60. The minimum absolute atomic E-state index is 0.0833. The van der Waals surface area contributed by atoms with Gasteiger partial charge in [0.15, 0.2) is 0 Å². The van der Waals surface area contributed by atoms with E-state index in [-0.39, 0.29) is 11.9 Å². The molecule has 4 heteroatoms. The van der Waals surface area contributed by atoms with Gasteiger partial charge >= 0.3 is 0 Å². The summed E-state index contributed by atoms with van der Waals surface area (Å²) in [6, 6.07) is 2.48. The van der Waals surface area contributed by atoms with Gasteiger partial charge in [0.25, 0.3) is 5.91 Å². The number of carbonyl (C=O) groups excluding carboxylic acids is 1. The zero-order valence-electron chi connectivity index (χ0n) is 13.5. The normalized spacial score (nSPS) is 22.8. The first-order valence-corrected chi connectivity index (χ1v) is 7.69. The van der Waals surface area contributed by atoms with Gasteiger partial charge in [0, 0.05) is 24.8 Å². The van der Waals surface area contributed by atoms with Crippen LogP contribution in [0.3, 0.4) is 0 Å². The molecular formula is C16H27N3O. The Morgan fingerprint density at radius 1 is 1.20 bits per heavy atom. The highest BCUT2D eigenvalue weighted by Gasteiger charge is 2.45. The number of hydrogen-bond donors (Lipinski definition) is 0. The lowest BCUT2D eigenvalue weighted by atomic mass is 9.74. The summed E-state index contributed by atoms with van der Waals surface area (Å²) in [4.78, 5) is 14.6. The van der Waals surface area contributed by atoms with E-state index in [9.17, 15) is 4.79 Å². The molecule has 2 atom stereocenters. The molecule has 0 radical (unpaired) electrons. The number of rotatable bonds is 4. The van der Waals surface area contributed by atoms with E-state index >= 15 is 0 Å². The molecule has 2 heterocycles. The molecule has 0 saturated carbocycles. The molecule has 0 N–H and O–H groups in total. The van der Waals surface area contributed by atoms with Gasteiger partial charge in [0.1, 0.15) is 5.69 Å². The molecule has 2 rings (SSSR count). The Balaban J connectivity index is 2.13. The first kappa shape index (κ1) is 15.1. The van der Waals surface area contributed by atoms with Gasteiger partial charge in [-0.2, -0.15) is 5.10 Å². The highest BCUT2D eigenvalue weighted by Crippen LogP contribution is 2.36. The maximum absolute atomic E-state index is 12.6. The van der Waals surface area contributed by atoms with Gasteiger partial charge in [-0.05, 0) is 37.7 Å². The van der Waals surface area contributed by atoms with E-state index in [4.69, 9.17) is 0 Å². The molecule has 112 valence electrons. The van der Waals surface area contributed by atoms with Crippen LogP contribution in [-0.2, 0) is 0 Å². The van der Waals surface area contributed by atoms with Gasteiger partial charge in [-0.25, -0.2) is 0 Å². The lowest BCUT2D eigenvalue weighted by Crippen LogP contribution is -2.62. The average Bonchev–Trinajstić information content (AvgIpc) is 2.74. The Labute approximate surface area is 122 Å². The van der Waals surface area contributed by atoms with Gasteiger partial charge in [0.05, 0.1) is 0 Å². The minimum Gasteiger partial charge on any atom is -0.333 e. The fourth-order valence-corrected chi connectivity index (χ4v) is 3.11. The summed E-state index contributed by atoms with van der Waals surface area (Å²) in [7, 11) is 0. The summed E-state index contributed by atoms with van der Waals surface area (Å²) < 4.78 is 1.84.